The molecule has 0 amide bonds. The third kappa shape index (κ3) is 3.63. The number of hydrogen-bond donors (Lipinski definition) is 0. The largest absolute Gasteiger partial charge is 0.464 e. The molecule has 0 unspecified atom stereocenters. The lowest BCUT2D eigenvalue weighted by Gasteiger charge is -2.04. The van der Waals surface area contributed by atoms with Crippen molar-refractivity contribution in [1.82, 2.24) is 0 Å². The van der Waals surface area contributed by atoms with E-state index in [1.807, 2.05) is 0 Å². The number of halogens is 3. The lowest BCUT2D eigenvalue weighted by molar-refractivity contribution is -0.148. The van der Waals surface area contributed by atoms with Gasteiger partial charge in [-0.05, 0) is 29.5 Å². The van der Waals surface area contributed by atoms with Gasteiger partial charge in [0.1, 0.15) is 12.4 Å². The van der Waals surface area contributed by atoms with E-state index in [0.29, 0.717) is 0 Å². The van der Waals surface area contributed by atoms with E-state index in [2.05, 4.69) is 4.74 Å². The van der Waals surface area contributed by atoms with Crippen molar-refractivity contribution in [3.05, 3.63) is 35.6 Å². The van der Waals surface area contributed by atoms with Crippen LogP contribution in [0.2, 0.25) is 0 Å². The molecule has 2 rings (SSSR count). The van der Waals surface area contributed by atoms with E-state index in [1.54, 1.807) is 13.8 Å². The number of rotatable bonds is 6. The van der Waals surface area contributed by atoms with Gasteiger partial charge in [-0.15, -0.1) is 0 Å². The number of carbonyl (C=O) groups excluding carboxylic acids is 2. The standard InChI is InChI=1S/C16H17F3O5/c1-16(2)9(6-10(17)14(20)22-3)12(16)15(21)23-7-8-4-5-11(24-8)13(18)19/h4-6,9,12-13H,7H2,1-3H3/b10-6-/t9-,12-/m0/s1. The maximum atomic E-state index is 13.5. The van der Waals surface area contributed by atoms with Crippen molar-refractivity contribution in [3.8, 4) is 0 Å². The number of carbonyl (C=O) groups is 2. The van der Waals surface area contributed by atoms with Crippen LogP contribution in [0.3, 0.4) is 0 Å². The molecule has 0 bridgehead atoms. The Bertz CT molecular complexity index is 662. The second-order valence-electron chi connectivity index (χ2n) is 6.04. The molecule has 1 aliphatic carbocycles. The van der Waals surface area contributed by atoms with Crippen molar-refractivity contribution in [2.75, 3.05) is 7.11 Å². The molecular weight excluding hydrogens is 329 g/mol. The molecule has 24 heavy (non-hydrogen) atoms. The third-order valence-electron chi connectivity index (χ3n) is 4.13. The van der Waals surface area contributed by atoms with Crippen LogP contribution in [-0.2, 0) is 25.7 Å². The zero-order chi connectivity index (χ0) is 18.1. The number of furan rings is 1. The molecule has 1 aromatic rings. The van der Waals surface area contributed by atoms with Gasteiger partial charge >= 0.3 is 11.9 Å². The van der Waals surface area contributed by atoms with Crippen LogP contribution in [0.25, 0.3) is 0 Å². The molecule has 0 aromatic carbocycles. The van der Waals surface area contributed by atoms with Gasteiger partial charge in [0, 0.05) is 0 Å². The van der Waals surface area contributed by atoms with Crippen LogP contribution in [0.4, 0.5) is 13.2 Å². The van der Waals surface area contributed by atoms with E-state index >= 15 is 0 Å². The highest BCUT2D eigenvalue weighted by Crippen LogP contribution is 2.60. The van der Waals surface area contributed by atoms with Crippen molar-refractivity contribution in [2.24, 2.45) is 17.3 Å². The Labute approximate surface area is 136 Å². The van der Waals surface area contributed by atoms with Crippen molar-refractivity contribution >= 4 is 11.9 Å². The Hall–Kier alpha value is -2.25. The molecule has 1 heterocycles. The number of allylic oxidation sites excluding steroid dienone is 1. The molecule has 2 atom stereocenters. The highest BCUT2D eigenvalue weighted by molar-refractivity contribution is 5.86. The minimum Gasteiger partial charge on any atom is -0.464 e. The molecule has 8 heteroatoms. The summed E-state index contributed by atoms with van der Waals surface area (Å²) in [6, 6.07) is 2.40. The normalized spacial score (nSPS) is 22.4. The summed E-state index contributed by atoms with van der Waals surface area (Å²) in [5, 5.41) is 0. The molecule has 0 saturated heterocycles. The molecule has 0 aliphatic heterocycles. The molecule has 1 saturated carbocycles. The Morgan fingerprint density at radius 3 is 2.58 bits per heavy atom. The molecule has 0 N–H and O–H groups in total. The van der Waals surface area contributed by atoms with Gasteiger partial charge in [-0.2, -0.15) is 4.39 Å². The number of hydrogen-bond acceptors (Lipinski definition) is 5. The fourth-order valence-corrected chi connectivity index (χ4v) is 2.58. The van der Waals surface area contributed by atoms with Gasteiger partial charge in [0.25, 0.3) is 6.43 Å². The van der Waals surface area contributed by atoms with Crippen LogP contribution in [0.5, 0.6) is 0 Å². The summed E-state index contributed by atoms with van der Waals surface area (Å²) in [6.45, 7) is 3.16. The lowest BCUT2D eigenvalue weighted by atomic mass is 10.1. The van der Waals surface area contributed by atoms with E-state index in [0.717, 1.165) is 19.3 Å². The second kappa shape index (κ2) is 6.70. The molecular formula is C16H17F3O5. The van der Waals surface area contributed by atoms with Crippen LogP contribution in [0.1, 0.15) is 31.8 Å². The van der Waals surface area contributed by atoms with E-state index in [4.69, 9.17) is 9.15 Å². The van der Waals surface area contributed by atoms with E-state index in [9.17, 15) is 22.8 Å². The monoisotopic (exact) mass is 346 g/mol. The van der Waals surface area contributed by atoms with Gasteiger partial charge in [-0.1, -0.05) is 13.8 Å². The van der Waals surface area contributed by atoms with Gasteiger partial charge < -0.3 is 13.9 Å². The topological polar surface area (TPSA) is 65.7 Å². The first-order valence-corrected chi connectivity index (χ1v) is 7.17. The summed E-state index contributed by atoms with van der Waals surface area (Å²) in [4.78, 5) is 23.2. The summed E-state index contributed by atoms with van der Waals surface area (Å²) in [7, 11) is 1.05. The molecule has 0 spiro atoms. The lowest BCUT2D eigenvalue weighted by Crippen LogP contribution is -2.10. The molecule has 0 radical (unpaired) electrons. The predicted molar refractivity (Wildman–Crippen MR) is 75.4 cm³/mol. The average Bonchev–Trinajstić information content (AvgIpc) is 2.90. The highest BCUT2D eigenvalue weighted by Gasteiger charge is 2.62. The molecule has 1 fully saturated rings. The van der Waals surface area contributed by atoms with Crippen LogP contribution in [-0.4, -0.2) is 19.0 Å². The van der Waals surface area contributed by atoms with Crippen LogP contribution in [0, 0.1) is 17.3 Å². The molecule has 1 aromatic heterocycles. The Kier molecular flexibility index (Phi) is 5.05. The van der Waals surface area contributed by atoms with Crippen molar-refractivity contribution in [1.29, 1.82) is 0 Å². The van der Waals surface area contributed by atoms with E-state index < -0.39 is 47.2 Å². The van der Waals surface area contributed by atoms with E-state index in [1.165, 1.54) is 6.07 Å². The average molecular weight is 346 g/mol. The predicted octanol–water partition coefficient (Wildman–Crippen LogP) is 3.56. The van der Waals surface area contributed by atoms with Gasteiger partial charge in [-0.3, -0.25) is 4.79 Å². The molecule has 132 valence electrons. The van der Waals surface area contributed by atoms with Gasteiger partial charge in [0.2, 0.25) is 5.83 Å². The Morgan fingerprint density at radius 2 is 2.04 bits per heavy atom. The Balaban J connectivity index is 1.96. The number of alkyl halides is 2. The molecule has 5 nitrogen and oxygen atoms in total. The van der Waals surface area contributed by atoms with Crippen molar-refractivity contribution in [3.63, 3.8) is 0 Å². The number of methoxy groups -OCH3 is 1. The van der Waals surface area contributed by atoms with Crippen LogP contribution in [0.15, 0.2) is 28.5 Å². The minimum atomic E-state index is -2.74. The van der Waals surface area contributed by atoms with Gasteiger partial charge in [0.15, 0.2) is 5.76 Å². The number of esters is 2. The van der Waals surface area contributed by atoms with Crippen LogP contribution >= 0.6 is 0 Å². The second-order valence-corrected chi connectivity index (χ2v) is 6.04. The Morgan fingerprint density at radius 1 is 1.38 bits per heavy atom. The van der Waals surface area contributed by atoms with Crippen molar-refractivity contribution < 1.29 is 36.7 Å². The van der Waals surface area contributed by atoms with Crippen LogP contribution < -0.4 is 0 Å². The fourth-order valence-electron chi connectivity index (χ4n) is 2.58. The summed E-state index contributed by atoms with van der Waals surface area (Å²) in [5.74, 6) is -4.37. The first kappa shape index (κ1) is 18.1. The van der Waals surface area contributed by atoms with Gasteiger partial charge in [-0.25, -0.2) is 13.6 Å². The highest BCUT2D eigenvalue weighted by atomic mass is 19.3. The maximum Gasteiger partial charge on any atom is 0.366 e. The summed E-state index contributed by atoms with van der Waals surface area (Å²) >= 11 is 0. The summed E-state index contributed by atoms with van der Waals surface area (Å²) < 4.78 is 52.5. The minimum absolute atomic E-state index is 0.0879. The molecule has 1 aliphatic rings. The fraction of sp³-hybridized carbons (Fsp3) is 0.500. The van der Waals surface area contributed by atoms with Gasteiger partial charge in [0.05, 0.1) is 13.0 Å². The zero-order valence-electron chi connectivity index (χ0n) is 13.3. The van der Waals surface area contributed by atoms with E-state index in [-0.39, 0.29) is 12.4 Å². The third-order valence-corrected chi connectivity index (χ3v) is 4.13. The summed E-state index contributed by atoms with van der Waals surface area (Å²) in [5.41, 5.74) is -0.584. The zero-order valence-corrected chi connectivity index (χ0v) is 13.3. The van der Waals surface area contributed by atoms with Crippen molar-refractivity contribution in [2.45, 2.75) is 26.9 Å². The quantitative estimate of drug-likeness (QED) is 0.582. The number of ether oxygens (including phenoxy) is 2. The first-order valence-electron chi connectivity index (χ1n) is 7.17. The summed E-state index contributed by atoms with van der Waals surface area (Å²) in [6.07, 6.45) is -1.70. The smallest absolute Gasteiger partial charge is 0.366 e. The maximum absolute atomic E-state index is 13.5. The first-order chi connectivity index (χ1) is 11.2. The SMILES string of the molecule is COC(=O)/C(F)=C/[C@H]1[C@@H](C(=O)OCc2ccc(C(F)F)o2)C1(C)C.